The van der Waals surface area contributed by atoms with E-state index in [1.54, 1.807) is 12.1 Å². The van der Waals surface area contributed by atoms with Crippen molar-refractivity contribution >= 4 is 27.6 Å². The number of hydrogen-bond donors (Lipinski definition) is 1. The molecule has 0 amide bonds. The summed E-state index contributed by atoms with van der Waals surface area (Å²) in [6.07, 6.45) is 1.77. The lowest BCUT2D eigenvalue weighted by atomic mass is 9.82. The molecule has 0 radical (unpaired) electrons. The predicted molar refractivity (Wildman–Crippen MR) is 105 cm³/mol. The number of benzene rings is 2. The van der Waals surface area contributed by atoms with Gasteiger partial charge in [-0.3, -0.25) is 0 Å². The van der Waals surface area contributed by atoms with E-state index in [1.807, 2.05) is 19.9 Å². The Balaban J connectivity index is 1.87. The van der Waals surface area contributed by atoms with Gasteiger partial charge in [-0.25, -0.2) is 17.9 Å². The molecule has 7 heteroatoms. The second-order valence-corrected chi connectivity index (χ2v) is 8.99. The Morgan fingerprint density at radius 3 is 2.52 bits per heavy atom. The van der Waals surface area contributed by atoms with Crippen LogP contribution in [0, 0.1) is 13.8 Å². The largest absolute Gasteiger partial charge is 0.465 e. The van der Waals surface area contributed by atoms with Gasteiger partial charge in [0.15, 0.2) is 0 Å². The molecule has 5 nitrogen and oxygen atoms in total. The van der Waals surface area contributed by atoms with Crippen molar-refractivity contribution in [3.63, 3.8) is 0 Å². The third-order valence-electron chi connectivity index (χ3n) is 5.09. The molecule has 0 aliphatic heterocycles. The van der Waals surface area contributed by atoms with Crippen molar-refractivity contribution in [2.45, 2.75) is 44.0 Å². The standard InChI is InChI=1S/C20H22ClNO4S/c1-12-10-14-11-16(6-9-18(14)19(13(12)2)20(23)26-3)22-27(24,25)17-7-4-15(21)5-8-17/h4-5,7-8,10,16,22H,6,9,11H2,1-3H3. The first-order chi connectivity index (χ1) is 12.7. The first kappa shape index (κ1) is 19.9. The summed E-state index contributed by atoms with van der Waals surface area (Å²) in [4.78, 5) is 12.4. The molecule has 0 saturated heterocycles. The number of nitrogens with one attached hydrogen (secondary N) is 1. The van der Waals surface area contributed by atoms with E-state index in [0.717, 1.165) is 22.3 Å². The molecule has 1 N–H and O–H groups in total. The highest BCUT2D eigenvalue weighted by atomic mass is 35.5. The molecule has 0 heterocycles. The van der Waals surface area contributed by atoms with Gasteiger partial charge in [-0.1, -0.05) is 17.7 Å². The Bertz CT molecular complexity index is 984. The Hall–Kier alpha value is -1.89. The molecule has 0 bridgehead atoms. The minimum absolute atomic E-state index is 0.188. The average molecular weight is 408 g/mol. The molecular weight excluding hydrogens is 386 g/mol. The number of ether oxygens (including phenoxy) is 1. The number of methoxy groups -OCH3 is 1. The number of rotatable bonds is 4. The number of aryl methyl sites for hydroxylation is 1. The highest BCUT2D eigenvalue weighted by molar-refractivity contribution is 7.89. The number of halogens is 1. The van der Waals surface area contributed by atoms with Crippen LogP contribution in [-0.4, -0.2) is 27.5 Å². The molecule has 3 rings (SSSR count). The molecule has 1 unspecified atom stereocenters. The molecule has 27 heavy (non-hydrogen) atoms. The monoisotopic (exact) mass is 407 g/mol. The number of fused-ring (bicyclic) bond motifs is 1. The van der Waals surface area contributed by atoms with Gasteiger partial charge in [0.2, 0.25) is 10.0 Å². The lowest BCUT2D eigenvalue weighted by Crippen LogP contribution is -2.39. The summed E-state index contributed by atoms with van der Waals surface area (Å²) < 4.78 is 33.0. The zero-order chi connectivity index (χ0) is 19.8. The van der Waals surface area contributed by atoms with Gasteiger partial charge in [-0.05, 0) is 79.6 Å². The fourth-order valence-corrected chi connectivity index (χ4v) is 4.97. The van der Waals surface area contributed by atoms with Crippen LogP contribution in [0.1, 0.15) is 39.0 Å². The number of hydrogen-bond acceptors (Lipinski definition) is 4. The zero-order valence-electron chi connectivity index (χ0n) is 15.5. The van der Waals surface area contributed by atoms with Crippen LogP contribution in [0.25, 0.3) is 0 Å². The molecule has 0 aromatic heterocycles. The average Bonchev–Trinajstić information content (AvgIpc) is 2.62. The van der Waals surface area contributed by atoms with E-state index < -0.39 is 10.0 Å². The maximum absolute atomic E-state index is 12.6. The Morgan fingerprint density at radius 2 is 1.89 bits per heavy atom. The summed E-state index contributed by atoms with van der Waals surface area (Å²) in [5.41, 5.74) is 4.49. The van der Waals surface area contributed by atoms with E-state index >= 15 is 0 Å². The van der Waals surface area contributed by atoms with E-state index in [-0.39, 0.29) is 16.9 Å². The minimum atomic E-state index is -3.63. The molecule has 144 valence electrons. The molecular formula is C20H22ClNO4S. The fraction of sp³-hybridized carbons (Fsp3) is 0.350. The van der Waals surface area contributed by atoms with Crippen molar-refractivity contribution in [3.8, 4) is 0 Å². The number of sulfonamides is 1. The van der Waals surface area contributed by atoms with Crippen molar-refractivity contribution in [2.24, 2.45) is 0 Å². The van der Waals surface area contributed by atoms with Crippen molar-refractivity contribution < 1.29 is 17.9 Å². The van der Waals surface area contributed by atoms with E-state index in [0.29, 0.717) is 29.8 Å². The third-order valence-corrected chi connectivity index (χ3v) is 6.88. The van der Waals surface area contributed by atoms with Crippen LogP contribution in [-0.2, 0) is 27.6 Å². The quantitative estimate of drug-likeness (QED) is 0.786. The van der Waals surface area contributed by atoms with Gasteiger partial charge in [0.1, 0.15) is 0 Å². The summed E-state index contributed by atoms with van der Waals surface area (Å²) in [6.45, 7) is 3.86. The summed E-state index contributed by atoms with van der Waals surface area (Å²) in [6, 6.07) is 7.90. The summed E-state index contributed by atoms with van der Waals surface area (Å²) in [7, 11) is -2.25. The second-order valence-electron chi connectivity index (χ2n) is 6.84. The smallest absolute Gasteiger partial charge is 0.338 e. The molecule has 1 aliphatic rings. The van der Waals surface area contributed by atoms with Gasteiger partial charge in [0.05, 0.1) is 17.6 Å². The SMILES string of the molecule is COC(=O)c1c(C)c(C)cc2c1CCC(NS(=O)(=O)c1ccc(Cl)cc1)C2. The van der Waals surface area contributed by atoms with Crippen LogP contribution >= 0.6 is 11.6 Å². The van der Waals surface area contributed by atoms with Crippen LogP contribution in [0.5, 0.6) is 0 Å². The Labute approximate surface area is 164 Å². The first-order valence-electron chi connectivity index (χ1n) is 8.71. The van der Waals surface area contributed by atoms with Gasteiger partial charge in [-0.15, -0.1) is 0 Å². The topological polar surface area (TPSA) is 72.5 Å². The molecule has 2 aromatic carbocycles. The van der Waals surface area contributed by atoms with Crippen LogP contribution in [0.3, 0.4) is 0 Å². The highest BCUT2D eigenvalue weighted by Gasteiger charge is 2.28. The highest BCUT2D eigenvalue weighted by Crippen LogP contribution is 2.30. The van der Waals surface area contributed by atoms with Crippen molar-refractivity contribution in [1.29, 1.82) is 0 Å². The maximum Gasteiger partial charge on any atom is 0.338 e. The normalized spacial score (nSPS) is 16.7. The van der Waals surface area contributed by atoms with Crippen molar-refractivity contribution in [3.05, 3.63) is 63.2 Å². The Kier molecular flexibility index (Phi) is 5.60. The number of carbonyl (C=O) groups is 1. The van der Waals surface area contributed by atoms with Crippen LogP contribution in [0.2, 0.25) is 5.02 Å². The van der Waals surface area contributed by atoms with Crippen LogP contribution in [0.4, 0.5) is 0 Å². The summed E-state index contributed by atoms with van der Waals surface area (Å²) in [5.74, 6) is -0.340. The van der Waals surface area contributed by atoms with Crippen molar-refractivity contribution in [1.82, 2.24) is 4.72 Å². The van der Waals surface area contributed by atoms with E-state index in [1.165, 1.54) is 19.2 Å². The van der Waals surface area contributed by atoms with E-state index in [9.17, 15) is 13.2 Å². The van der Waals surface area contributed by atoms with E-state index in [4.69, 9.17) is 16.3 Å². The number of esters is 1. The van der Waals surface area contributed by atoms with E-state index in [2.05, 4.69) is 4.72 Å². The van der Waals surface area contributed by atoms with Gasteiger partial charge in [0.25, 0.3) is 0 Å². The molecule has 1 aliphatic carbocycles. The first-order valence-corrected chi connectivity index (χ1v) is 10.6. The predicted octanol–water partition coefficient (Wildman–Crippen LogP) is 3.58. The fourth-order valence-electron chi connectivity index (χ4n) is 3.57. The molecule has 0 fully saturated rings. The number of carbonyl (C=O) groups excluding carboxylic acids is 1. The molecule has 0 saturated carbocycles. The second kappa shape index (κ2) is 7.62. The van der Waals surface area contributed by atoms with Gasteiger partial charge in [-0.2, -0.15) is 0 Å². The molecule has 0 spiro atoms. The molecule has 2 aromatic rings. The van der Waals surface area contributed by atoms with Gasteiger partial charge < -0.3 is 4.74 Å². The molecule has 1 atom stereocenters. The Morgan fingerprint density at radius 1 is 1.22 bits per heavy atom. The van der Waals surface area contributed by atoms with Crippen molar-refractivity contribution in [2.75, 3.05) is 7.11 Å². The lowest BCUT2D eigenvalue weighted by Gasteiger charge is -2.28. The minimum Gasteiger partial charge on any atom is -0.465 e. The zero-order valence-corrected chi connectivity index (χ0v) is 17.1. The van der Waals surface area contributed by atoms with Gasteiger partial charge in [0, 0.05) is 11.1 Å². The summed E-state index contributed by atoms with van der Waals surface area (Å²) in [5, 5.41) is 0.488. The van der Waals surface area contributed by atoms with Gasteiger partial charge >= 0.3 is 5.97 Å². The van der Waals surface area contributed by atoms with Crippen LogP contribution in [0.15, 0.2) is 35.2 Å². The lowest BCUT2D eigenvalue weighted by molar-refractivity contribution is 0.0598. The maximum atomic E-state index is 12.6. The summed E-state index contributed by atoms with van der Waals surface area (Å²) >= 11 is 5.84. The van der Waals surface area contributed by atoms with Crippen LogP contribution < -0.4 is 4.72 Å². The third kappa shape index (κ3) is 4.03.